The molecule has 2 amide bonds. The zero-order chi connectivity index (χ0) is 14.4. The molecule has 2 atom stereocenters. The lowest BCUT2D eigenvalue weighted by Crippen LogP contribution is -2.31. The van der Waals surface area contributed by atoms with Crippen LogP contribution in [0.5, 0.6) is 0 Å². The van der Waals surface area contributed by atoms with Crippen LogP contribution in [0.2, 0.25) is 0 Å². The van der Waals surface area contributed by atoms with Gasteiger partial charge in [-0.05, 0) is 36.6 Å². The van der Waals surface area contributed by atoms with E-state index in [2.05, 4.69) is 10.2 Å². The second kappa shape index (κ2) is 4.55. The van der Waals surface area contributed by atoms with E-state index >= 15 is 0 Å². The van der Waals surface area contributed by atoms with Crippen molar-refractivity contribution in [2.24, 2.45) is 11.8 Å². The summed E-state index contributed by atoms with van der Waals surface area (Å²) in [4.78, 5) is 26.2. The fraction of sp³-hybridized carbons (Fsp3) is 0.312. The molecule has 1 aliphatic heterocycles. The van der Waals surface area contributed by atoms with Crippen molar-refractivity contribution >= 4 is 17.5 Å². The largest absolute Gasteiger partial charge is 0.278 e. The zero-order valence-corrected chi connectivity index (χ0v) is 11.5. The van der Waals surface area contributed by atoms with Crippen LogP contribution in [-0.2, 0) is 9.59 Å². The lowest BCUT2D eigenvalue weighted by molar-refractivity contribution is -0.122. The number of benzene rings is 1. The third-order valence-corrected chi connectivity index (χ3v) is 4.53. The van der Waals surface area contributed by atoms with Crippen LogP contribution in [0.4, 0.5) is 5.69 Å². The van der Waals surface area contributed by atoms with Gasteiger partial charge in [-0.15, -0.1) is 0 Å². The normalized spacial score (nSPS) is 24.7. The molecular formula is C16H15N3O2. The van der Waals surface area contributed by atoms with Gasteiger partial charge >= 0.3 is 0 Å². The van der Waals surface area contributed by atoms with Gasteiger partial charge in [-0.25, -0.2) is 0 Å². The number of amides is 2. The van der Waals surface area contributed by atoms with Crippen LogP contribution in [0.1, 0.15) is 19.3 Å². The van der Waals surface area contributed by atoms with Crippen molar-refractivity contribution in [1.82, 2.24) is 10.2 Å². The van der Waals surface area contributed by atoms with Gasteiger partial charge in [0, 0.05) is 6.20 Å². The van der Waals surface area contributed by atoms with Crippen LogP contribution in [0.15, 0.2) is 36.5 Å². The first-order chi connectivity index (χ1) is 10.3. The molecule has 4 rings (SSSR count). The van der Waals surface area contributed by atoms with Gasteiger partial charge in [0.25, 0.3) is 0 Å². The van der Waals surface area contributed by atoms with Crippen molar-refractivity contribution in [2.45, 2.75) is 19.3 Å². The summed E-state index contributed by atoms with van der Waals surface area (Å²) < 4.78 is 0. The molecule has 1 saturated carbocycles. The molecule has 2 unspecified atom stereocenters. The van der Waals surface area contributed by atoms with E-state index in [-0.39, 0.29) is 23.7 Å². The predicted molar refractivity (Wildman–Crippen MR) is 77.3 cm³/mol. The fourth-order valence-corrected chi connectivity index (χ4v) is 3.45. The summed E-state index contributed by atoms with van der Waals surface area (Å²) in [5, 5.41) is 6.81. The molecule has 0 radical (unpaired) electrons. The van der Waals surface area contributed by atoms with E-state index in [1.54, 1.807) is 6.20 Å². The van der Waals surface area contributed by atoms with Crippen LogP contribution < -0.4 is 4.90 Å². The SMILES string of the molecule is O=C1C2CCCC2C(=O)N1c1ccc(-c2ccn[nH]2)cc1. The number of anilines is 1. The van der Waals surface area contributed by atoms with Gasteiger partial charge < -0.3 is 0 Å². The minimum atomic E-state index is -0.0928. The van der Waals surface area contributed by atoms with Crippen LogP contribution in [-0.4, -0.2) is 22.0 Å². The Morgan fingerprint density at radius 2 is 1.67 bits per heavy atom. The maximum atomic E-state index is 12.4. The van der Waals surface area contributed by atoms with Crippen LogP contribution in [0.3, 0.4) is 0 Å². The Kier molecular flexibility index (Phi) is 2.67. The number of imide groups is 1. The van der Waals surface area contributed by atoms with Crippen LogP contribution in [0.25, 0.3) is 11.3 Å². The number of rotatable bonds is 2. The first-order valence-corrected chi connectivity index (χ1v) is 7.23. The summed E-state index contributed by atoms with van der Waals surface area (Å²) in [5.41, 5.74) is 2.57. The predicted octanol–water partition coefficient (Wildman–Crippen LogP) is 2.37. The number of fused-ring (bicyclic) bond motifs is 1. The average Bonchev–Trinajstić information content (AvgIpc) is 3.22. The van der Waals surface area contributed by atoms with E-state index in [0.717, 1.165) is 30.5 Å². The summed E-state index contributed by atoms with van der Waals surface area (Å²) >= 11 is 0. The number of H-pyrrole nitrogens is 1. The highest BCUT2D eigenvalue weighted by atomic mass is 16.2. The van der Waals surface area contributed by atoms with Crippen LogP contribution in [0, 0.1) is 11.8 Å². The van der Waals surface area contributed by atoms with Gasteiger partial charge in [0.05, 0.1) is 23.2 Å². The van der Waals surface area contributed by atoms with Crippen molar-refractivity contribution in [3.63, 3.8) is 0 Å². The smallest absolute Gasteiger partial charge is 0.237 e. The first kappa shape index (κ1) is 12.3. The molecule has 1 saturated heterocycles. The highest BCUT2D eigenvalue weighted by Crippen LogP contribution is 2.41. The number of aromatic nitrogens is 2. The second-order valence-corrected chi connectivity index (χ2v) is 5.67. The maximum Gasteiger partial charge on any atom is 0.237 e. The monoisotopic (exact) mass is 281 g/mol. The standard InChI is InChI=1S/C16H15N3O2/c20-15-12-2-1-3-13(12)16(21)19(15)11-6-4-10(5-7-11)14-8-9-17-18-14/h4-9,12-13H,1-3H2,(H,17,18). The summed E-state index contributed by atoms with van der Waals surface area (Å²) in [6.45, 7) is 0. The Labute approximate surface area is 122 Å². The molecule has 0 spiro atoms. The Bertz CT molecular complexity index is 669. The van der Waals surface area contributed by atoms with E-state index in [1.807, 2.05) is 30.3 Å². The van der Waals surface area contributed by atoms with Crippen molar-refractivity contribution in [3.05, 3.63) is 36.5 Å². The third-order valence-electron chi connectivity index (χ3n) is 4.53. The number of hydrogen-bond acceptors (Lipinski definition) is 3. The van der Waals surface area contributed by atoms with E-state index in [4.69, 9.17) is 0 Å². The second-order valence-electron chi connectivity index (χ2n) is 5.67. The minimum Gasteiger partial charge on any atom is -0.278 e. The Balaban J connectivity index is 1.65. The van der Waals surface area contributed by atoms with Crippen molar-refractivity contribution in [3.8, 4) is 11.3 Å². The maximum absolute atomic E-state index is 12.4. The Hall–Kier alpha value is -2.43. The highest BCUT2D eigenvalue weighted by molar-refractivity contribution is 6.22. The molecule has 1 aromatic heterocycles. The number of nitrogens with zero attached hydrogens (tertiary/aromatic N) is 2. The molecule has 106 valence electrons. The van der Waals surface area contributed by atoms with E-state index in [0.29, 0.717) is 5.69 Å². The molecule has 5 nitrogen and oxygen atoms in total. The van der Waals surface area contributed by atoms with Crippen molar-refractivity contribution < 1.29 is 9.59 Å². The molecular weight excluding hydrogens is 266 g/mol. The summed E-state index contributed by atoms with van der Waals surface area (Å²) in [5.74, 6) is -0.247. The molecule has 2 aliphatic rings. The number of carbonyl (C=O) groups is 2. The highest BCUT2D eigenvalue weighted by Gasteiger charge is 2.50. The molecule has 1 aliphatic carbocycles. The molecule has 5 heteroatoms. The lowest BCUT2D eigenvalue weighted by Gasteiger charge is -2.16. The van der Waals surface area contributed by atoms with Crippen molar-refractivity contribution in [2.75, 3.05) is 4.90 Å². The quantitative estimate of drug-likeness (QED) is 0.859. The number of hydrogen-bond donors (Lipinski definition) is 1. The van der Waals surface area contributed by atoms with Gasteiger partial charge in [-0.2, -0.15) is 5.10 Å². The topological polar surface area (TPSA) is 66.1 Å². The van der Waals surface area contributed by atoms with Gasteiger partial charge in [-0.1, -0.05) is 18.6 Å². The first-order valence-electron chi connectivity index (χ1n) is 7.23. The summed E-state index contributed by atoms with van der Waals surface area (Å²) in [6.07, 6.45) is 4.37. The van der Waals surface area contributed by atoms with Gasteiger partial charge in [0.15, 0.2) is 0 Å². The fourth-order valence-electron chi connectivity index (χ4n) is 3.45. The van der Waals surface area contributed by atoms with Gasteiger partial charge in [0.1, 0.15) is 0 Å². The Morgan fingerprint density at radius 3 is 2.24 bits per heavy atom. The molecule has 2 fully saturated rings. The van der Waals surface area contributed by atoms with Crippen molar-refractivity contribution in [1.29, 1.82) is 0 Å². The zero-order valence-electron chi connectivity index (χ0n) is 11.5. The van der Waals surface area contributed by atoms with E-state index in [1.165, 1.54) is 4.90 Å². The van der Waals surface area contributed by atoms with Crippen LogP contribution >= 0.6 is 0 Å². The molecule has 1 N–H and O–H groups in total. The molecule has 1 aromatic carbocycles. The number of carbonyl (C=O) groups excluding carboxylic acids is 2. The van der Waals surface area contributed by atoms with E-state index in [9.17, 15) is 9.59 Å². The van der Waals surface area contributed by atoms with Gasteiger partial charge in [-0.3, -0.25) is 19.6 Å². The Morgan fingerprint density at radius 1 is 1.00 bits per heavy atom. The molecule has 0 bridgehead atoms. The van der Waals surface area contributed by atoms with Gasteiger partial charge in [0.2, 0.25) is 11.8 Å². The molecule has 2 heterocycles. The average molecular weight is 281 g/mol. The van der Waals surface area contributed by atoms with E-state index < -0.39 is 0 Å². The minimum absolute atomic E-state index is 0.0307. The lowest BCUT2D eigenvalue weighted by atomic mass is 10.00. The molecule has 2 aromatic rings. The summed E-state index contributed by atoms with van der Waals surface area (Å²) in [6, 6.07) is 9.33. The number of nitrogens with one attached hydrogen (secondary N) is 1. The molecule has 21 heavy (non-hydrogen) atoms. The number of aromatic amines is 1. The third kappa shape index (κ3) is 1.81. The summed E-state index contributed by atoms with van der Waals surface area (Å²) in [7, 11) is 0.